The van der Waals surface area contributed by atoms with Crippen molar-refractivity contribution >= 4 is 6.09 Å². The zero-order chi connectivity index (χ0) is 16.9. The summed E-state index contributed by atoms with van der Waals surface area (Å²) in [6, 6.07) is 1.32. The molecule has 23 heavy (non-hydrogen) atoms. The minimum atomic E-state index is -0.379. The van der Waals surface area contributed by atoms with Crippen molar-refractivity contribution in [1.82, 2.24) is 10.2 Å². The Kier molecular flexibility index (Phi) is 4.19. The zero-order valence-electron chi connectivity index (χ0n) is 15.6. The molecule has 0 aromatic rings. The second-order valence-corrected chi connectivity index (χ2v) is 9.56. The summed E-state index contributed by atoms with van der Waals surface area (Å²) in [6.45, 7) is 10.3. The molecule has 0 aliphatic carbocycles. The Labute approximate surface area is 141 Å². The molecule has 1 amide bonds. The van der Waals surface area contributed by atoms with Crippen LogP contribution in [0, 0.1) is 0 Å². The zero-order valence-corrected chi connectivity index (χ0v) is 15.6. The van der Waals surface area contributed by atoms with Gasteiger partial charge in [0.25, 0.3) is 0 Å². The Hall–Kier alpha value is -0.770. The quantitative estimate of drug-likeness (QED) is 0.725. The summed E-state index contributed by atoms with van der Waals surface area (Å²) in [5.41, 5.74) is 0.257. The Balaban J connectivity index is 0.000000162. The summed E-state index contributed by atoms with van der Waals surface area (Å²) < 4.78 is 5.45. The van der Waals surface area contributed by atoms with Gasteiger partial charge in [0.15, 0.2) is 0 Å². The van der Waals surface area contributed by atoms with E-state index in [0.29, 0.717) is 11.6 Å². The van der Waals surface area contributed by atoms with Gasteiger partial charge in [-0.2, -0.15) is 0 Å². The molecule has 0 atom stereocenters. The van der Waals surface area contributed by atoms with Gasteiger partial charge in [-0.1, -0.05) is 0 Å². The van der Waals surface area contributed by atoms with Crippen LogP contribution in [0.3, 0.4) is 0 Å². The summed E-state index contributed by atoms with van der Waals surface area (Å²) in [6.07, 6.45) is 10.1. The molecular weight excluding hydrogens is 288 g/mol. The van der Waals surface area contributed by atoms with Crippen LogP contribution in [0.15, 0.2) is 0 Å². The number of hydrogen-bond acceptors (Lipinski definition) is 3. The van der Waals surface area contributed by atoms with Crippen LogP contribution < -0.4 is 5.32 Å². The van der Waals surface area contributed by atoms with Gasteiger partial charge in [0.2, 0.25) is 0 Å². The number of carbonyl (C=O) groups excluding carboxylic acids is 1. The summed E-state index contributed by atoms with van der Waals surface area (Å²) in [5.74, 6) is 0. The van der Waals surface area contributed by atoms with E-state index >= 15 is 0 Å². The molecule has 0 unspecified atom stereocenters. The van der Waals surface area contributed by atoms with E-state index in [9.17, 15) is 4.79 Å². The maximum absolute atomic E-state index is 12.0. The van der Waals surface area contributed by atoms with Crippen LogP contribution in [0.4, 0.5) is 4.79 Å². The molecule has 0 radical (unpaired) electrons. The topological polar surface area (TPSA) is 41.6 Å². The average Bonchev–Trinajstić information content (AvgIpc) is 3.13. The largest absolute Gasteiger partial charge is 0.444 e. The number of amides is 1. The first-order valence-electron chi connectivity index (χ1n) is 9.40. The lowest BCUT2D eigenvalue weighted by Gasteiger charge is -2.33. The van der Waals surface area contributed by atoms with Crippen LogP contribution in [-0.2, 0) is 4.74 Å². The fourth-order valence-corrected chi connectivity index (χ4v) is 4.88. The highest BCUT2D eigenvalue weighted by Gasteiger charge is 2.52. The van der Waals surface area contributed by atoms with Crippen molar-refractivity contribution < 1.29 is 9.53 Å². The van der Waals surface area contributed by atoms with Crippen LogP contribution in [0.2, 0.25) is 0 Å². The van der Waals surface area contributed by atoms with Gasteiger partial charge in [-0.15, -0.1) is 0 Å². The molecule has 132 valence electrons. The lowest BCUT2D eigenvalue weighted by Crippen LogP contribution is -2.45. The molecule has 4 bridgehead atoms. The molecule has 4 heterocycles. The van der Waals surface area contributed by atoms with Crippen molar-refractivity contribution in [1.29, 1.82) is 0 Å². The van der Waals surface area contributed by atoms with E-state index in [-0.39, 0.29) is 17.2 Å². The number of nitrogens with zero attached hydrogens (tertiary/aromatic N) is 1. The van der Waals surface area contributed by atoms with Gasteiger partial charge < -0.3 is 10.1 Å². The Morgan fingerprint density at radius 1 is 1.04 bits per heavy atom. The molecule has 4 heteroatoms. The minimum absolute atomic E-state index is 0.0764. The third-order valence-corrected chi connectivity index (χ3v) is 6.21. The highest BCUT2D eigenvalue weighted by Crippen LogP contribution is 2.46. The maximum Gasteiger partial charge on any atom is 0.410 e. The predicted molar refractivity (Wildman–Crippen MR) is 92.5 cm³/mol. The van der Waals surface area contributed by atoms with Crippen LogP contribution in [0.5, 0.6) is 0 Å². The maximum atomic E-state index is 12.0. The van der Waals surface area contributed by atoms with Gasteiger partial charge in [0, 0.05) is 23.2 Å². The van der Waals surface area contributed by atoms with Gasteiger partial charge in [0.1, 0.15) is 5.60 Å². The second kappa shape index (κ2) is 5.65. The molecule has 0 saturated carbocycles. The van der Waals surface area contributed by atoms with Crippen LogP contribution in [0.1, 0.15) is 86.0 Å². The standard InChI is InChI=1S/C12H21NO2.C7H13N/c1-11(2,3)15-10(14)13-9-5-7-12(13,4)8-6-9;1-7-4-2-6(8-7)3-5-7/h9H,5-8H2,1-4H3;6,8H,2-5H2,1H3. The number of carbonyl (C=O) groups is 1. The highest BCUT2D eigenvalue weighted by molar-refractivity contribution is 5.70. The van der Waals surface area contributed by atoms with Crippen molar-refractivity contribution in [3.63, 3.8) is 0 Å². The molecule has 0 spiro atoms. The first kappa shape index (κ1) is 17.1. The smallest absolute Gasteiger partial charge is 0.410 e. The summed E-state index contributed by atoms with van der Waals surface area (Å²) in [4.78, 5) is 14.0. The number of rotatable bonds is 0. The van der Waals surface area contributed by atoms with E-state index < -0.39 is 0 Å². The molecule has 0 aromatic carbocycles. The Morgan fingerprint density at radius 3 is 1.87 bits per heavy atom. The highest BCUT2D eigenvalue weighted by atomic mass is 16.6. The monoisotopic (exact) mass is 322 g/mol. The van der Waals surface area contributed by atoms with E-state index in [2.05, 4.69) is 19.2 Å². The molecule has 4 rings (SSSR count). The van der Waals surface area contributed by atoms with Gasteiger partial charge in [-0.05, 0) is 86.0 Å². The molecule has 4 fully saturated rings. The molecule has 4 saturated heterocycles. The number of fused-ring (bicyclic) bond motifs is 4. The normalized spacial score (nSPS) is 41.0. The van der Waals surface area contributed by atoms with E-state index in [1.54, 1.807) is 0 Å². The van der Waals surface area contributed by atoms with E-state index in [4.69, 9.17) is 4.74 Å². The van der Waals surface area contributed by atoms with Crippen molar-refractivity contribution in [3.8, 4) is 0 Å². The molecular formula is C19H34N2O2. The lowest BCUT2D eigenvalue weighted by molar-refractivity contribution is 0.0119. The van der Waals surface area contributed by atoms with Crippen molar-refractivity contribution in [3.05, 3.63) is 0 Å². The van der Waals surface area contributed by atoms with E-state index in [1.165, 1.54) is 25.7 Å². The summed E-state index contributed by atoms with van der Waals surface area (Å²) >= 11 is 0. The van der Waals surface area contributed by atoms with E-state index in [1.807, 2.05) is 25.7 Å². The Bertz CT molecular complexity index is 452. The number of nitrogens with one attached hydrogen (secondary N) is 1. The Morgan fingerprint density at radius 2 is 1.61 bits per heavy atom. The van der Waals surface area contributed by atoms with Gasteiger partial charge in [0.05, 0.1) is 0 Å². The predicted octanol–water partition coefficient (Wildman–Crippen LogP) is 4.23. The molecule has 1 N–H and O–H groups in total. The first-order valence-corrected chi connectivity index (χ1v) is 9.40. The van der Waals surface area contributed by atoms with Crippen LogP contribution in [0.25, 0.3) is 0 Å². The van der Waals surface area contributed by atoms with Gasteiger partial charge in [-0.25, -0.2) is 4.79 Å². The van der Waals surface area contributed by atoms with E-state index in [0.717, 1.165) is 31.7 Å². The second-order valence-electron chi connectivity index (χ2n) is 9.56. The molecule has 4 aliphatic heterocycles. The summed E-state index contributed by atoms with van der Waals surface area (Å²) in [5, 5.41) is 3.60. The number of ether oxygens (including phenoxy) is 1. The van der Waals surface area contributed by atoms with Crippen molar-refractivity contribution in [2.45, 2.75) is 115 Å². The van der Waals surface area contributed by atoms with Gasteiger partial charge in [-0.3, -0.25) is 4.90 Å². The van der Waals surface area contributed by atoms with Crippen LogP contribution >= 0.6 is 0 Å². The third-order valence-electron chi connectivity index (χ3n) is 6.21. The fourth-order valence-electron chi connectivity index (χ4n) is 4.88. The number of hydrogen-bond donors (Lipinski definition) is 1. The molecule has 4 aliphatic rings. The van der Waals surface area contributed by atoms with Gasteiger partial charge >= 0.3 is 6.09 Å². The lowest BCUT2D eigenvalue weighted by atomic mass is 9.90. The SMILES string of the molecule is CC(C)(C)OC(=O)N1C2CCC1(C)CC2.CC12CCC(CC1)N2. The van der Waals surface area contributed by atoms with Crippen molar-refractivity contribution in [2.75, 3.05) is 0 Å². The van der Waals surface area contributed by atoms with Crippen LogP contribution in [-0.4, -0.2) is 39.8 Å². The minimum Gasteiger partial charge on any atom is -0.444 e. The molecule has 0 aromatic heterocycles. The first-order chi connectivity index (χ1) is 10.6. The van der Waals surface area contributed by atoms with Crippen molar-refractivity contribution in [2.24, 2.45) is 0 Å². The molecule has 4 nitrogen and oxygen atoms in total. The summed E-state index contributed by atoms with van der Waals surface area (Å²) in [7, 11) is 0. The fraction of sp³-hybridized carbons (Fsp3) is 0.947. The third kappa shape index (κ3) is 3.52. The average molecular weight is 322 g/mol.